The minimum absolute atomic E-state index is 0.318. The van der Waals surface area contributed by atoms with Crippen LogP contribution in [0.5, 0.6) is 0 Å². The van der Waals surface area contributed by atoms with E-state index in [-0.39, 0.29) is 0 Å². The first-order valence-electron chi connectivity index (χ1n) is 4.99. The monoisotopic (exact) mass is 218 g/mol. The normalized spacial score (nSPS) is 12.7. The van der Waals surface area contributed by atoms with E-state index >= 15 is 0 Å². The predicted molar refractivity (Wildman–Crippen MR) is 65.0 cm³/mol. The molecule has 2 nitrogen and oxygen atoms in total. The summed E-state index contributed by atoms with van der Waals surface area (Å²) in [5.74, 6) is 0. The van der Waals surface area contributed by atoms with Gasteiger partial charge in [-0.15, -0.1) is 11.3 Å². The lowest BCUT2D eigenvalue weighted by Gasteiger charge is -2.04. The summed E-state index contributed by atoms with van der Waals surface area (Å²) in [6, 6.07) is 10.6. The Morgan fingerprint density at radius 1 is 1.27 bits per heavy atom. The van der Waals surface area contributed by atoms with E-state index < -0.39 is 0 Å². The molecule has 1 unspecified atom stereocenters. The Balaban J connectivity index is 2.28. The lowest BCUT2D eigenvalue weighted by molar-refractivity contribution is 0.637. The van der Waals surface area contributed by atoms with Crippen LogP contribution in [-0.2, 0) is 0 Å². The Kier molecular flexibility index (Phi) is 3.14. The van der Waals surface area contributed by atoms with Crippen molar-refractivity contribution in [3.05, 3.63) is 41.4 Å². The molecule has 0 spiro atoms. The molecule has 0 saturated heterocycles. The van der Waals surface area contributed by atoms with Gasteiger partial charge in [0.05, 0.1) is 5.69 Å². The first-order valence-corrected chi connectivity index (χ1v) is 5.87. The molecule has 0 aliphatic rings. The molecule has 1 aromatic carbocycles. The Hall–Kier alpha value is -1.19. The minimum Gasteiger partial charge on any atom is -0.312 e. The maximum absolute atomic E-state index is 4.61. The maximum Gasteiger partial charge on any atom is 0.123 e. The summed E-state index contributed by atoms with van der Waals surface area (Å²) in [7, 11) is 1.95. The molecule has 0 amide bonds. The van der Waals surface area contributed by atoms with Crippen molar-refractivity contribution in [3.8, 4) is 10.6 Å². The SMILES string of the molecule is CNC(C)c1csc(-c2ccccc2)n1. The summed E-state index contributed by atoms with van der Waals surface area (Å²) < 4.78 is 0. The largest absolute Gasteiger partial charge is 0.312 e. The van der Waals surface area contributed by atoms with E-state index in [1.54, 1.807) is 11.3 Å². The topological polar surface area (TPSA) is 24.9 Å². The number of rotatable bonds is 3. The van der Waals surface area contributed by atoms with Crippen LogP contribution < -0.4 is 5.32 Å². The van der Waals surface area contributed by atoms with E-state index in [1.807, 2.05) is 25.2 Å². The van der Waals surface area contributed by atoms with Crippen molar-refractivity contribution < 1.29 is 0 Å². The zero-order valence-corrected chi connectivity index (χ0v) is 9.71. The van der Waals surface area contributed by atoms with Crippen molar-refractivity contribution in [3.63, 3.8) is 0 Å². The first-order chi connectivity index (χ1) is 7.31. The third-order valence-electron chi connectivity index (χ3n) is 2.42. The van der Waals surface area contributed by atoms with Gasteiger partial charge < -0.3 is 5.32 Å². The van der Waals surface area contributed by atoms with Crippen LogP contribution in [0, 0.1) is 0 Å². The van der Waals surface area contributed by atoms with Gasteiger partial charge in [0, 0.05) is 17.0 Å². The van der Waals surface area contributed by atoms with Crippen molar-refractivity contribution in [1.29, 1.82) is 0 Å². The van der Waals surface area contributed by atoms with Crippen LogP contribution in [-0.4, -0.2) is 12.0 Å². The lowest BCUT2D eigenvalue weighted by Crippen LogP contribution is -2.12. The fourth-order valence-corrected chi connectivity index (χ4v) is 2.27. The van der Waals surface area contributed by atoms with Gasteiger partial charge in [-0.1, -0.05) is 30.3 Å². The van der Waals surface area contributed by atoms with Crippen LogP contribution >= 0.6 is 11.3 Å². The number of nitrogens with zero attached hydrogens (tertiary/aromatic N) is 1. The highest BCUT2D eigenvalue weighted by Gasteiger charge is 2.08. The van der Waals surface area contributed by atoms with Crippen LogP contribution in [0.2, 0.25) is 0 Å². The smallest absolute Gasteiger partial charge is 0.123 e. The average Bonchev–Trinajstić information content (AvgIpc) is 2.78. The molecule has 1 heterocycles. The van der Waals surface area contributed by atoms with Gasteiger partial charge in [0.15, 0.2) is 0 Å². The van der Waals surface area contributed by atoms with Gasteiger partial charge in [-0.2, -0.15) is 0 Å². The van der Waals surface area contributed by atoms with E-state index in [1.165, 1.54) is 5.56 Å². The highest BCUT2D eigenvalue weighted by molar-refractivity contribution is 7.13. The van der Waals surface area contributed by atoms with Gasteiger partial charge >= 0.3 is 0 Å². The van der Waals surface area contributed by atoms with Crippen molar-refractivity contribution >= 4 is 11.3 Å². The fraction of sp³-hybridized carbons (Fsp3) is 0.250. The van der Waals surface area contributed by atoms with Gasteiger partial charge in [-0.25, -0.2) is 4.98 Å². The molecule has 0 aliphatic carbocycles. The molecule has 2 aromatic rings. The lowest BCUT2D eigenvalue weighted by atomic mass is 10.2. The molecule has 2 rings (SSSR count). The number of hydrogen-bond donors (Lipinski definition) is 1. The molecule has 0 saturated carbocycles. The quantitative estimate of drug-likeness (QED) is 0.856. The van der Waals surface area contributed by atoms with Gasteiger partial charge in [-0.3, -0.25) is 0 Å². The third kappa shape index (κ3) is 2.25. The van der Waals surface area contributed by atoms with Crippen LogP contribution in [0.15, 0.2) is 35.7 Å². The van der Waals surface area contributed by atoms with Crippen molar-refractivity contribution in [1.82, 2.24) is 10.3 Å². The van der Waals surface area contributed by atoms with Gasteiger partial charge in [0.1, 0.15) is 5.01 Å². The highest BCUT2D eigenvalue weighted by Crippen LogP contribution is 2.25. The summed E-state index contributed by atoms with van der Waals surface area (Å²) >= 11 is 1.70. The van der Waals surface area contributed by atoms with Crippen molar-refractivity contribution in [2.24, 2.45) is 0 Å². The third-order valence-corrected chi connectivity index (χ3v) is 3.33. The van der Waals surface area contributed by atoms with E-state index in [2.05, 4.69) is 34.7 Å². The Morgan fingerprint density at radius 2 is 2.00 bits per heavy atom. The van der Waals surface area contributed by atoms with E-state index in [0.29, 0.717) is 6.04 Å². The van der Waals surface area contributed by atoms with E-state index in [9.17, 15) is 0 Å². The summed E-state index contributed by atoms with van der Waals surface area (Å²) in [6.07, 6.45) is 0. The van der Waals surface area contributed by atoms with Gasteiger partial charge in [-0.05, 0) is 14.0 Å². The summed E-state index contributed by atoms with van der Waals surface area (Å²) in [5, 5.41) is 6.40. The molecule has 1 aromatic heterocycles. The first kappa shape index (κ1) is 10.3. The number of aromatic nitrogens is 1. The van der Waals surface area contributed by atoms with Crippen molar-refractivity contribution in [2.45, 2.75) is 13.0 Å². The zero-order valence-electron chi connectivity index (χ0n) is 8.90. The van der Waals surface area contributed by atoms with Gasteiger partial charge in [0.25, 0.3) is 0 Å². The highest BCUT2D eigenvalue weighted by atomic mass is 32.1. The molecule has 1 atom stereocenters. The summed E-state index contributed by atoms with van der Waals surface area (Å²) in [6.45, 7) is 2.11. The maximum atomic E-state index is 4.61. The number of thiazole rings is 1. The fourth-order valence-electron chi connectivity index (χ4n) is 1.35. The van der Waals surface area contributed by atoms with E-state index in [4.69, 9.17) is 0 Å². The van der Waals surface area contributed by atoms with Crippen LogP contribution in [0.1, 0.15) is 18.7 Å². The van der Waals surface area contributed by atoms with Crippen molar-refractivity contribution in [2.75, 3.05) is 7.05 Å². The van der Waals surface area contributed by atoms with E-state index in [0.717, 1.165) is 10.7 Å². The van der Waals surface area contributed by atoms with Crippen LogP contribution in [0.3, 0.4) is 0 Å². The van der Waals surface area contributed by atoms with Crippen LogP contribution in [0.25, 0.3) is 10.6 Å². The molecule has 0 aliphatic heterocycles. The second-order valence-electron chi connectivity index (χ2n) is 3.45. The zero-order chi connectivity index (χ0) is 10.7. The number of hydrogen-bond acceptors (Lipinski definition) is 3. The predicted octanol–water partition coefficient (Wildman–Crippen LogP) is 3.09. The Labute approximate surface area is 94.0 Å². The molecular formula is C12H14N2S. The average molecular weight is 218 g/mol. The molecule has 0 radical (unpaired) electrons. The summed E-state index contributed by atoms with van der Waals surface area (Å²) in [4.78, 5) is 4.61. The molecule has 1 N–H and O–H groups in total. The van der Waals surface area contributed by atoms with Crippen LogP contribution in [0.4, 0.5) is 0 Å². The molecule has 78 valence electrons. The molecule has 0 fully saturated rings. The number of nitrogens with one attached hydrogen (secondary N) is 1. The molecule has 3 heteroatoms. The molecular weight excluding hydrogens is 204 g/mol. The Bertz CT molecular complexity index is 422. The molecule has 0 bridgehead atoms. The summed E-state index contributed by atoms with van der Waals surface area (Å²) in [5.41, 5.74) is 2.30. The Morgan fingerprint density at radius 3 is 2.67 bits per heavy atom. The minimum atomic E-state index is 0.318. The van der Waals surface area contributed by atoms with Gasteiger partial charge in [0.2, 0.25) is 0 Å². The number of benzene rings is 1. The second-order valence-corrected chi connectivity index (χ2v) is 4.31. The second kappa shape index (κ2) is 4.55. The standard InChI is InChI=1S/C12H14N2S/c1-9(13-2)11-8-15-12(14-11)10-6-4-3-5-7-10/h3-9,13H,1-2H3. The molecule has 15 heavy (non-hydrogen) atoms.